The molecule has 0 aliphatic carbocycles. The molecule has 0 fully saturated rings. The number of hydrogen-bond acceptors (Lipinski definition) is 3. The summed E-state index contributed by atoms with van der Waals surface area (Å²) >= 11 is 6.04. The molecule has 106 valence electrons. The van der Waals surface area contributed by atoms with Crippen LogP contribution in [0.4, 0.5) is 0 Å². The Balaban J connectivity index is 2.02. The van der Waals surface area contributed by atoms with E-state index in [0.717, 1.165) is 22.5 Å². The minimum absolute atomic E-state index is 0.361. The van der Waals surface area contributed by atoms with E-state index in [-0.39, 0.29) is 0 Å². The van der Waals surface area contributed by atoms with Gasteiger partial charge in [-0.1, -0.05) is 59.3 Å². The third-order valence-corrected chi connectivity index (χ3v) is 3.50. The normalized spacial score (nSPS) is 10.8. The molecule has 2 N–H and O–H groups in total. The molecule has 3 rings (SSSR count). The zero-order chi connectivity index (χ0) is 14.7. The highest BCUT2D eigenvalue weighted by atomic mass is 35.5. The van der Waals surface area contributed by atoms with Crippen LogP contribution >= 0.6 is 11.6 Å². The number of aromatic nitrogens is 3. The van der Waals surface area contributed by atoms with Gasteiger partial charge >= 0.3 is 0 Å². The van der Waals surface area contributed by atoms with Crippen molar-refractivity contribution in [3.05, 3.63) is 70.9 Å². The van der Waals surface area contributed by atoms with Gasteiger partial charge < -0.3 is 5.73 Å². The third-order valence-electron chi connectivity index (χ3n) is 3.27. The minimum Gasteiger partial charge on any atom is -0.325 e. The highest BCUT2D eigenvalue weighted by Crippen LogP contribution is 2.23. The van der Waals surface area contributed by atoms with Crippen molar-refractivity contribution in [2.45, 2.75) is 13.1 Å². The molecule has 1 heterocycles. The molecular weight excluding hydrogens is 284 g/mol. The number of rotatable bonds is 4. The first-order valence-corrected chi connectivity index (χ1v) is 7.08. The molecule has 0 bridgehead atoms. The SMILES string of the molecule is NCc1nnn(Cc2cccc(Cl)c2)c1-c1ccccc1. The fourth-order valence-electron chi connectivity index (χ4n) is 2.32. The maximum Gasteiger partial charge on any atom is 0.104 e. The predicted octanol–water partition coefficient (Wildman–Crippen LogP) is 3.11. The van der Waals surface area contributed by atoms with Crippen molar-refractivity contribution in [1.29, 1.82) is 0 Å². The summed E-state index contributed by atoms with van der Waals surface area (Å²) in [6, 6.07) is 17.8. The summed E-state index contributed by atoms with van der Waals surface area (Å²) in [7, 11) is 0. The van der Waals surface area contributed by atoms with E-state index in [1.165, 1.54) is 0 Å². The monoisotopic (exact) mass is 298 g/mol. The number of halogens is 1. The summed E-state index contributed by atoms with van der Waals surface area (Å²) in [5.74, 6) is 0. The second kappa shape index (κ2) is 6.08. The maximum absolute atomic E-state index is 6.04. The lowest BCUT2D eigenvalue weighted by Crippen LogP contribution is -2.05. The Kier molecular flexibility index (Phi) is 3.99. The Hall–Kier alpha value is -2.17. The number of nitrogens with zero attached hydrogens (tertiary/aromatic N) is 3. The van der Waals surface area contributed by atoms with Crippen molar-refractivity contribution in [2.24, 2.45) is 5.73 Å². The van der Waals surface area contributed by atoms with Crippen LogP contribution in [-0.2, 0) is 13.1 Å². The summed E-state index contributed by atoms with van der Waals surface area (Å²) in [4.78, 5) is 0. The Morgan fingerprint density at radius 2 is 1.86 bits per heavy atom. The summed E-state index contributed by atoms with van der Waals surface area (Å²) < 4.78 is 1.86. The third kappa shape index (κ3) is 2.96. The smallest absolute Gasteiger partial charge is 0.104 e. The Morgan fingerprint density at radius 1 is 1.05 bits per heavy atom. The first-order chi connectivity index (χ1) is 10.3. The number of hydrogen-bond donors (Lipinski definition) is 1. The van der Waals surface area contributed by atoms with Gasteiger partial charge in [0.15, 0.2) is 0 Å². The van der Waals surface area contributed by atoms with Crippen LogP contribution in [0.5, 0.6) is 0 Å². The van der Waals surface area contributed by atoms with Gasteiger partial charge in [0.25, 0.3) is 0 Å². The van der Waals surface area contributed by atoms with Crippen LogP contribution in [0.15, 0.2) is 54.6 Å². The highest BCUT2D eigenvalue weighted by molar-refractivity contribution is 6.30. The second-order valence-corrected chi connectivity index (χ2v) is 5.18. The second-order valence-electron chi connectivity index (χ2n) is 4.74. The standard InChI is InChI=1S/C16H15ClN4/c17-14-8-4-5-12(9-14)11-21-16(15(10-18)19-20-21)13-6-2-1-3-7-13/h1-9H,10-11,18H2. The molecule has 0 saturated heterocycles. The van der Waals surface area contributed by atoms with Gasteiger partial charge in [-0.05, 0) is 17.7 Å². The van der Waals surface area contributed by atoms with Crippen molar-refractivity contribution in [2.75, 3.05) is 0 Å². The van der Waals surface area contributed by atoms with E-state index >= 15 is 0 Å². The van der Waals surface area contributed by atoms with Gasteiger partial charge in [-0.15, -0.1) is 5.10 Å². The van der Waals surface area contributed by atoms with Gasteiger partial charge in [0, 0.05) is 17.1 Å². The zero-order valence-corrected chi connectivity index (χ0v) is 12.2. The fraction of sp³-hybridized carbons (Fsp3) is 0.125. The lowest BCUT2D eigenvalue weighted by molar-refractivity contribution is 0.655. The molecule has 0 saturated carbocycles. The van der Waals surface area contributed by atoms with Crippen LogP contribution in [0, 0.1) is 0 Å². The van der Waals surface area contributed by atoms with E-state index < -0.39 is 0 Å². The molecule has 0 amide bonds. The molecule has 0 unspecified atom stereocenters. The van der Waals surface area contributed by atoms with E-state index in [0.29, 0.717) is 18.1 Å². The van der Waals surface area contributed by atoms with Gasteiger partial charge in [-0.25, -0.2) is 4.68 Å². The van der Waals surface area contributed by atoms with E-state index in [4.69, 9.17) is 17.3 Å². The molecule has 4 nitrogen and oxygen atoms in total. The van der Waals surface area contributed by atoms with Gasteiger partial charge in [0.1, 0.15) is 5.69 Å². The van der Waals surface area contributed by atoms with Crippen molar-refractivity contribution in [1.82, 2.24) is 15.0 Å². The van der Waals surface area contributed by atoms with Crippen molar-refractivity contribution < 1.29 is 0 Å². The summed E-state index contributed by atoms with van der Waals surface area (Å²) in [5.41, 5.74) is 9.67. The van der Waals surface area contributed by atoms with Gasteiger partial charge in [0.2, 0.25) is 0 Å². The molecule has 21 heavy (non-hydrogen) atoms. The van der Waals surface area contributed by atoms with Crippen molar-refractivity contribution >= 4 is 11.6 Å². The average molecular weight is 299 g/mol. The Labute approximate surface area is 128 Å². The molecule has 0 aliphatic rings. The van der Waals surface area contributed by atoms with Crippen molar-refractivity contribution in [3.8, 4) is 11.3 Å². The molecular formula is C16H15ClN4. The first-order valence-electron chi connectivity index (χ1n) is 6.70. The first kappa shape index (κ1) is 13.8. The molecule has 0 atom stereocenters. The maximum atomic E-state index is 6.04. The number of benzene rings is 2. The summed E-state index contributed by atoms with van der Waals surface area (Å²) in [6.07, 6.45) is 0. The zero-order valence-electron chi connectivity index (χ0n) is 11.4. The molecule has 0 spiro atoms. The number of nitrogens with two attached hydrogens (primary N) is 1. The molecule has 1 aromatic heterocycles. The molecule has 0 radical (unpaired) electrons. The summed E-state index contributed by atoms with van der Waals surface area (Å²) in [6.45, 7) is 0.970. The Bertz CT molecular complexity index is 737. The van der Waals surface area contributed by atoms with Crippen LogP contribution in [0.25, 0.3) is 11.3 Å². The largest absolute Gasteiger partial charge is 0.325 e. The quantitative estimate of drug-likeness (QED) is 0.805. The van der Waals surface area contributed by atoms with Gasteiger partial charge in [-0.3, -0.25) is 0 Å². The molecule has 2 aromatic carbocycles. The van der Waals surface area contributed by atoms with Gasteiger partial charge in [-0.2, -0.15) is 0 Å². The topological polar surface area (TPSA) is 56.7 Å². The van der Waals surface area contributed by atoms with Crippen molar-refractivity contribution in [3.63, 3.8) is 0 Å². The van der Waals surface area contributed by atoms with Crippen LogP contribution in [0.3, 0.4) is 0 Å². The lowest BCUT2D eigenvalue weighted by atomic mass is 10.1. The average Bonchev–Trinajstić information content (AvgIpc) is 2.91. The van der Waals surface area contributed by atoms with E-state index in [1.54, 1.807) is 0 Å². The Morgan fingerprint density at radius 3 is 2.57 bits per heavy atom. The fourth-order valence-corrected chi connectivity index (χ4v) is 2.53. The predicted molar refractivity (Wildman–Crippen MR) is 83.9 cm³/mol. The molecule has 3 aromatic rings. The van der Waals surface area contributed by atoms with E-state index in [9.17, 15) is 0 Å². The molecule has 5 heteroatoms. The van der Waals surface area contributed by atoms with E-state index in [1.807, 2.05) is 59.3 Å². The van der Waals surface area contributed by atoms with Crippen LogP contribution in [0.2, 0.25) is 5.02 Å². The minimum atomic E-state index is 0.361. The molecule has 0 aliphatic heterocycles. The van der Waals surface area contributed by atoms with Crippen LogP contribution < -0.4 is 5.73 Å². The van der Waals surface area contributed by atoms with Crippen LogP contribution in [0.1, 0.15) is 11.3 Å². The lowest BCUT2D eigenvalue weighted by Gasteiger charge is -2.08. The highest BCUT2D eigenvalue weighted by Gasteiger charge is 2.13. The van der Waals surface area contributed by atoms with Crippen LogP contribution in [-0.4, -0.2) is 15.0 Å². The van der Waals surface area contributed by atoms with Gasteiger partial charge in [0.05, 0.1) is 12.2 Å². The summed E-state index contributed by atoms with van der Waals surface area (Å²) in [5, 5.41) is 9.13. The van der Waals surface area contributed by atoms with E-state index in [2.05, 4.69) is 10.3 Å².